The van der Waals surface area contributed by atoms with E-state index in [9.17, 15) is 9.59 Å². The van der Waals surface area contributed by atoms with Gasteiger partial charge in [0.15, 0.2) is 0 Å². The van der Waals surface area contributed by atoms with E-state index >= 15 is 0 Å². The molecule has 30 heavy (non-hydrogen) atoms. The lowest BCUT2D eigenvalue weighted by Crippen LogP contribution is -2.12. The van der Waals surface area contributed by atoms with E-state index in [4.69, 9.17) is 0 Å². The molecule has 5 rings (SSSR count). The van der Waals surface area contributed by atoms with Crippen molar-refractivity contribution in [2.75, 3.05) is 10.6 Å². The molecule has 0 atom stereocenters. The van der Waals surface area contributed by atoms with Crippen LogP contribution in [0.15, 0.2) is 54.6 Å². The summed E-state index contributed by atoms with van der Waals surface area (Å²) < 4.78 is 0. The minimum absolute atomic E-state index is 0.0457. The van der Waals surface area contributed by atoms with Crippen LogP contribution in [0.1, 0.15) is 28.1 Å². The second-order valence-electron chi connectivity index (χ2n) is 7.52. The van der Waals surface area contributed by atoms with Crippen molar-refractivity contribution in [3.8, 4) is 11.4 Å². The van der Waals surface area contributed by atoms with Gasteiger partial charge in [0.25, 0.3) is 5.91 Å². The predicted molar refractivity (Wildman–Crippen MR) is 120 cm³/mol. The van der Waals surface area contributed by atoms with E-state index < -0.39 is 0 Å². The third-order valence-corrected chi connectivity index (χ3v) is 6.28. The fourth-order valence-electron chi connectivity index (χ4n) is 3.33. The zero-order valence-electron chi connectivity index (χ0n) is 16.4. The quantitative estimate of drug-likeness (QED) is 0.418. The number of anilines is 2. The van der Waals surface area contributed by atoms with Crippen LogP contribution in [0.3, 0.4) is 0 Å². The highest BCUT2D eigenvalue weighted by Crippen LogP contribution is 2.33. The fourth-order valence-corrected chi connectivity index (χ4v) is 4.30. The Hall–Kier alpha value is -3.45. The molecule has 3 N–H and O–H groups in total. The summed E-state index contributed by atoms with van der Waals surface area (Å²) in [5.41, 5.74) is 4.41. The van der Waals surface area contributed by atoms with Crippen molar-refractivity contribution >= 4 is 44.9 Å². The fraction of sp³-hybridized carbons (Fsp3) is 0.174. The molecule has 7 heteroatoms. The molecule has 0 unspecified atom stereocenters. The number of aromatic amines is 1. The molecule has 1 saturated carbocycles. The summed E-state index contributed by atoms with van der Waals surface area (Å²) >= 11 is 1.30. The molecule has 0 bridgehead atoms. The Labute approximate surface area is 177 Å². The topological polar surface area (TPSA) is 86.9 Å². The number of hydrogen-bond acceptors (Lipinski definition) is 4. The van der Waals surface area contributed by atoms with Crippen molar-refractivity contribution in [3.63, 3.8) is 0 Å². The van der Waals surface area contributed by atoms with Gasteiger partial charge >= 0.3 is 0 Å². The summed E-state index contributed by atoms with van der Waals surface area (Å²) in [4.78, 5) is 33.2. The third kappa shape index (κ3) is 3.71. The Morgan fingerprint density at radius 2 is 1.83 bits per heavy atom. The summed E-state index contributed by atoms with van der Waals surface area (Å²) in [5.74, 6) is 0.791. The van der Waals surface area contributed by atoms with Crippen molar-refractivity contribution in [1.82, 2.24) is 9.97 Å². The molecule has 1 fully saturated rings. The molecule has 0 saturated heterocycles. The van der Waals surface area contributed by atoms with Gasteiger partial charge in [0, 0.05) is 17.2 Å². The maximum absolute atomic E-state index is 12.7. The molecule has 2 aromatic carbocycles. The van der Waals surface area contributed by atoms with Crippen molar-refractivity contribution in [2.45, 2.75) is 19.8 Å². The number of carbonyl (C=O) groups excluding carboxylic acids is 2. The molecular formula is C23H20N4O2S. The maximum atomic E-state index is 12.7. The highest BCUT2D eigenvalue weighted by Gasteiger charge is 2.30. The molecular weight excluding hydrogens is 396 g/mol. The normalized spacial score (nSPS) is 13.4. The first-order valence-corrected chi connectivity index (χ1v) is 10.7. The van der Waals surface area contributed by atoms with Crippen LogP contribution in [-0.4, -0.2) is 21.8 Å². The molecule has 0 radical (unpaired) electrons. The van der Waals surface area contributed by atoms with Crippen LogP contribution in [0.5, 0.6) is 0 Å². The van der Waals surface area contributed by atoms with Crippen LogP contribution in [0.25, 0.3) is 22.4 Å². The third-order valence-electron chi connectivity index (χ3n) is 5.12. The monoisotopic (exact) mass is 416 g/mol. The van der Waals surface area contributed by atoms with Crippen molar-refractivity contribution in [2.24, 2.45) is 5.92 Å². The number of para-hydroxylation sites is 2. The smallest absolute Gasteiger partial charge is 0.266 e. The Balaban J connectivity index is 1.29. The highest BCUT2D eigenvalue weighted by molar-refractivity contribution is 7.18. The number of thiophene rings is 1. The van der Waals surface area contributed by atoms with Crippen LogP contribution in [0, 0.1) is 12.8 Å². The maximum Gasteiger partial charge on any atom is 0.266 e. The SMILES string of the molecule is Cc1cc(NC(=O)C2CC2)sc1C(=O)Nc1ccc(-c2nc3ccccc3[nH]2)cc1. The van der Waals surface area contributed by atoms with Gasteiger partial charge in [0.2, 0.25) is 5.91 Å². The number of hydrogen-bond donors (Lipinski definition) is 3. The van der Waals surface area contributed by atoms with E-state index in [1.54, 1.807) is 0 Å². The van der Waals surface area contributed by atoms with E-state index in [0.717, 1.165) is 45.8 Å². The van der Waals surface area contributed by atoms with Crippen LogP contribution in [0.2, 0.25) is 0 Å². The second kappa shape index (κ2) is 7.42. The van der Waals surface area contributed by atoms with E-state index in [0.29, 0.717) is 10.6 Å². The van der Waals surface area contributed by atoms with Crippen LogP contribution >= 0.6 is 11.3 Å². The number of H-pyrrole nitrogens is 1. The molecule has 2 heterocycles. The number of nitrogens with zero attached hydrogens (tertiary/aromatic N) is 1. The molecule has 0 spiro atoms. The van der Waals surface area contributed by atoms with E-state index in [-0.39, 0.29) is 17.7 Å². The van der Waals surface area contributed by atoms with Crippen LogP contribution in [-0.2, 0) is 4.79 Å². The number of aryl methyl sites for hydroxylation is 1. The number of benzene rings is 2. The molecule has 2 aromatic heterocycles. The molecule has 150 valence electrons. The highest BCUT2D eigenvalue weighted by atomic mass is 32.1. The molecule has 1 aliphatic rings. The first-order valence-electron chi connectivity index (χ1n) is 9.84. The first kappa shape index (κ1) is 18.6. The number of imidazole rings is 1. The van der Waals surface area contributed by atoms with Gasteiger partial charge < -0.3 is 15.6 Å². The summed E-state index contributed by atoms with van der Waals surface area (Å²) in [6.07, 6.45) is 1.90. The number of aromatic nitrogens is 2. The van der Waals surface area contributed by atoms with Gasteiger partial charge in [-0.15, -0.1) is 11.3 Å². The molecule has 2 amide bonds. The lowest BCUT2D eigenvalue weighted by molar-refractivity contribution is -0.117. The van der Waals surface area contributed by atoms with Crippen molar-refractivity contribution in [3.05, 3.63) is 65.0 Å². The van der Waals surface area contributed by atoms with E-state index in [1.165, 1.54) is 11.3 Å². The summed E-state index contributed by atoms with van der Waals surface area (Å²) in [6, 6.07) is 17.3. The average Bonchev–Trinajstić information content (AvgIpc) is 3.41. The number of carbonyl (C=O) groups is 2. The molecule has 6 nitrogen and oxygen atoms in total. The minimum Gasteiger partial charge on any atom is -0.338 e. The Kier molecular flexibility index (Phi) is 4.59. The molecule has 1 aliphatic carbocycles. The van der Waals surface area contributed by atoms with Crippen LogP contribution in [0.4, 0.5) is 10.7 Å². The van der Waals surface area contributed by atoms with Gasteiger partial charge in [-0.3, -0.25) is 9.59 Å². The average molecular weight is 417 g/mol. The lowest BCUT2D eigenvalue weighted by atomic mass is 10.2. The molecule has 0 aliphatic heterocycles. The summed E-state index contributed by atoms with van der Waals surface area (Å²) in [6.45, 7) is 1.88. The standard InChI is InChI=1S/C23H20N4O2S/c1-13-12-19(27-22(28)15-6-7-15)30-20(13)23(29)24-16-10-8-14(9-11-16)21-25-17-4-2-3-5-18(17)26-21/h2-5,8-12,15H,6-7H2,1H3,(H,24,29)(H,25,26)(H,27,28). The van der Waals surface area contributed by atoms with Gasteiger partial charge in [0.1, 0.15) is 5.82 Å². The Bertz CT molecular complexity index is 1220. The second-order valence-corrected chi connectivity index (χ2v) is 8.57. The van der Waals surface area contributed by atoms with Gasteiger partial charge in [-0.25, -0.2) is 4.98 Å². The zero-order valence-corrected chi connectivity index (χ0v) is 17.2. The van der Waals surface area contributed by atoms with Crippen LogP contribution < -0.4 is 10.6 Å². The number of nitrogens with one attached hydrogen (secondary N) is 3. The Morgan fingerprint density at radius 3 is 2.57 bits per heavy atom. The zero-order chi connectivity index (χ0) is 20.7. The van der Waals surface area contributed by atoms with Crippen molar-refractivity contribution < 1.29 is 9.59 Å². The first-order chi connectivity index (χ1) is 14.6. The predicted octanol–water partition coefficient (Wildman–Crippen LogP) is 5.20. The summed E-state index contributed by atoms with van der Waals surface area (Å²) in [7, 11) is 0. The van der Waals surface area contributed by atoms with Gasteiger partial charge in [-0.05, 0) is 67.8 Å². The van der Waals surface area contributed by atoms with Gasteiger partial charge in [-0.1, -0.05) is 12.1 Å². The minimum atomic E-state index is -0.180. The molecule has 4 aromatic rings. The number of fused-ring (bicyclic) bond motifs is 1. The largest absolute Gasteiger partial charge is 0.338 e. The van der Waals surface area contributed by atoms with Gasteiger partial charge in [-0.2, -0.15) is 0 Å². The lowest BCUT2D eigenvalue weighted by Gasteiger charge is -2.05. The summed E-state index contributed by atoms with van der Waals surface area (Å²) in [5, 5.41) is 6.56. The number of amides is 2. The van der Waals surface area contributed by atoms with E-state index in [1.807, 2.05) is 61.5 Å². The van der Waals surface area contributed by atoms with E-state index in [2.05, 4.69) is 20.6 Å². The van der Waals surface area contributed by atoms with Crippen molar-refractivity contribution in [1.29, 1.82) is 0 Å². The Morgan fingerprint density at radius 1 is 1.07 bits per heavy atom. The van der Waals surface area contributed by atoms with Gasteiger partial charge in [0.05, 0.1) is 20.9 Å². The number of rotatable bonds is 5.